The van der Waals surface area contributed by atoms with Crippen LogP contribution in [0.4, 0.5) is 0 Å². The topological polar surface area (TPSA) is 63.6 Å². The number of carbonyl (C=O) groups is 2. The lowest BCUT2D eigenvalue weighted by atomic mass is 9.61. The van der Waals surface area contributed by atoms with E-state index in [4.69, 9.17) is 4.74 Å². The SMILES string of the molecule is CC[C@H](C)C(=O)C[C@H]1C[C@@H](C)C=C2C=C[C@H](C)C(CCC3C[C@@H](O)CC(=O)O3)[C@H]21. The minimum atomic E-state index is -0.572. The number of hydrogen-bond acceptors (Lipinski definition) is 4. The highest BCUT2D eigenvalue weighted by Gasteiger charge is 2.40. The summed E-state index contributed by atoms with van der Waals surface area (Å²) in [6.45, 7) is 8.67. The third kappa shape index (κ3) is 5.39. The van der Waals surface area contributed by atoms with Crippen molar-refractivity contribution in [2.75, 3.05) is 0 Å². The summed E-state index contributed by atoms with van der Waals surface area (Å²) in [5, 5.41) is 9.91. The van der Waals surface area contributed by atoms with E-state index in [9.17, 15) is 14.7 Å². The van der Waals surface area contributed by atoms with Crippen LogP contribution in [-0.2, 0) is 14.3 Å². The second kappa shape index (κ2) is 9.59. The van der Waals surface area contributed by atoms with Crippen LogP contribution in [0.25, 0.3) is 0 Å². The van der Waals surface area contributed by atoms with Gasteiger partial charge in [-0.1, -0.05) is 45.9 Å². The number of aliphatic hydroxyl groups is 1. The molecule has 2 unspecified atom stereocenters. The maximum Gasteiger partial charge on any atom is 0.308 e. The highest BCUT2D eigenvalue weighted by atomic mass is 16.5. The van der Waals surface area contributed by atoms with Crippen molar-refractivity contribution in [1.29, 1.82) is 0 Å². The molecule has 8 atom stereocenters. The van der Waals surface area contributed by atoms with E-state index in [1.165, 1.54) is 5.57 Å². The van der Waals surface area contributed by atoms with E-state index in [1.54, 1.807) is 0 Å². The lowest BCUT2D eigenvalue weighted by Crippen LogP contribution is -2.38. The fourth-order valence-corrected chi connectivity index (χ4v) is 5.66. The molecular formula is C25H38O4. The van der Waals surface area contributed by atoms with Crippen LogP contribution in [0, 0.1) is 35.5 Å². The fourth-order valence-electron chi connectivity index (χ4n) is 5.66. The van der Waals surface area contributed by atoms with Gasteiger partial charge in [-0.05, 0) is 60.8 Å². The summed E-state index contributed by atoms with van der Waals surface area (Å²) in [7, 11) is 0. The first-order valence-corrected chi connectivity index (χ1v) is 11.6. The fraction of sp³-hybridized carbons (Fsp3) is 0.760. The Morgan fingerprint density at radius 2 is 2.03 bits per heavy atom. The molecular weight excluding hydrogens is 364 g/mol. The molecule has 0 bridgehead atoms. The summed E-state index contributed by atoms with van der Waals surface area (Å²) in [6, 6.07) is 0. The van der Waals surface area contributed by atoms with Crippen molar-refractivity contribution >= 4 is 11.8 Å². The van der Waals surface area contributed by atoms with E-state index < -0.39 is 6.10 Å². The molecule has 0 spiro atoms. The van der Waals surface area contributed by atoms with Crippen molar-refractivity contribution in [1.82, 2.24) is 0 Å². The molecule has 1 saturated heterocycles. The average Bonchev–Trinajstić information content (AvgIpc) is 2.65. The highest BCUT2D eigenvalue weighted by Crippen LogP contribution is 2.48. The monoisotopic (exact) mass is 402 g/mol. The molecule has 3 aliphatic rings. The molecule has 0 radical (unpaired) electrons. The third-order valence-electron chi connectivity index (χ3n) is 7.46. The molecule has 0 aromatic carbocycles. The molecule has 0 saturated carbocycles. The first-order valence-electron chi connectivity index (χ1n) is 11.6. The summed E-state index contributed by atoms with van der Waals surface area (Å²) in [5.41, 5.74) is 1.40. The van der Waals surface area contributed by atoms with Crippen molar-refractivity contribution in [2.24, 2.45) is 35.5 Å². The Labute approximate surface area is 175 Å². The molecule has 1 N–H and O–H groups in total. The molecule has 162 valence electrons. The Hall–Kier alpha value is -1.42. The van der Waals surface area contributed by atoms with Gasteiger partial charge in [0.1, 0.15) is 11.9 Å². The van der Waals surface area contributed by atoms with Crippen molar-refractivity contribution in [3.8, 4) is 0 Å². The standard InChI is InChI=1S/C25H38O4/c1-5-16(3)23(27)12-19-11-15(2)10-18-7-6-17(4)22(25(18)19)9-8-21-13-20(26)14-24(28)29-21/h6-7,10,15-17,19-22,25-26H,5,8-9,11-14H2,1-4H3/t15-,16-,17-,19+,20+,21?,22?,25+/m0/s1. The predicted molar refractivity (Wildman–Crippen MR) is 114 cm³/mol. The van der Waals surface area contributed by atoms with Gasteiger partial charge in [0.15, 0.2) is 0 Å². The quantitative estimate of drug-likeness (QED) is 0.618. The molecule has 3 rings (SSSR count). The molecule has 2 aliphatic carbocycles. The van der Waals surface area contributed by atoms with Gasteiger partial charge < -0.3 is 9.84 Å². The number of allylic oxidation sites excluding steroid dienone is 4. The number of Topliss-reactive ketones (excluding diaryl/α,β-unsaturated/α-hetero) is 1. The Balaban J connectivity index is 1.74. The summed E-state index contributed by atoms with van der Waals surface area (Å²) in [4.78, 5) is 24.5. The zero-order valence-corrected chi connectivity index (χ0v) is 18.5. The van der Waals surface area contributed by atoms with Crippen LogP contribution in [0.2, 0.25) is 0 Å². The van der Waals surface area contributed by atoms with Crippen LogP contribution >= 0.6 is 0 Å². The van der Waals surface area contributed by atoms with Crippen LogP contribution in [0.1, 0.15) is 72.6 Å². The second-order valence-electron chi connectivity index (χ2n) is 9.81. The van der Waals surface area contributed by atoms with Crippen LogP contribution in [0.3, 0.4) is 0 Å². The summed E-state index contributed by atoms with van der Waals surface area (Å²) in [5.74, 6) is 2.45. The number of rotatable bonds is 7. The van der Waals surface area contributed by atoms with Crippen LogP contribution < -0.4 is 0 Å². The van der Waals surface area contributed by atoms with Crippen LogP contribution in [0.5, 0.6) is 0 Å². The van der Waals surface area contributed by atoms with Gasteiger partial charge in [-0.3, -0.25) is 9.59 Å². The maximum absolute atomic E-state index is 12.8. The summed E-state index contributed by atoms with van der Waals surface area (Å²) < 4.78 is 5.49. The largest absolute Gasteiger partial charge is 0.462 e. The van der Waals surface area contributed by atoms with E-state index in [2.05, 4.69) is 45.9 Å². The molecule has 4 heteroatoms. The molecule has 0 aromatic rings. The van der Waals surface area contributed by atoms with Crippen molar-refractivity contribution in [3.05, 3.63) is 23.8 Å². The van der Waals surface area contributed by atoms with E-state index in [0.29, 0.717) is 48.2 Å². The van der Waals surface area contributed by atoms with Gasteiger partial charge in [0.2, 0.25) is 0 Å². The lowest BCUT2D eigenvalue weighted by molar-refractivity contribution is -0.160. The number of hydrogen-bond donors (Lipinski definition) is 1. The average molecular weight is 403 g/mol. The molecule has 1 fully saturated rings. The molecule has 0 amide bonds. The van der Waals surface area contributed by atoms with Gasteiger partial charge in [0.25, 0.3) is 0 Å². The van der Waals surface area contributed by atoms with Crippen molar-refractivity contribution in [3.63, 3.8) is 0 Å². The number of fused-ring (bicyclic) bond motifs is 1. The van der Waals surface area contributed by atoms with Gasteiger partial charge in [-0.15, -0.1) is 0 Å². The molecule has 1 heterocycles. The van der Waals surface area contributed by atoms with Gasteiger partial charge in [-0.2, -0.15) is 0 Å². The normalized spacial score (nSPS) is 38.0. The number of cyclic esters (lactones) is 1. The third-order valence-corrected chi connectivity index (χ3v) is 7.46. The number of carbonyl (C=O) groups excluding carboxylic acids is 2. The maximum atomic E-state index is 12.8. The highest BCUT2D eigenvalue weighted by molar-refractivity contribution is 5.81. The van der Waals surface area contributed by atoms with Gasteiger partial charge in [-0.25, -0.2) is 0 Å². The van der Waals surface area contributed by atoms with Gasteiger partial charge in [0.05, 0.1) is 12.5 Å². The van der Waals surface area contributed by atoms with E-state index in [0.717, 1.165) is 25.7 Å². The minimum Gasteiger partial charge on any atom is -0.462 e. The Morgan fingerprint density at radius 1 is 1.28 bits per heavy atom. The van der Waals surface area contributed by atoms with E-state index in [-0.39, 0.29) is 24.4 Å². The van der Waals surface area contributed by atoms with Gasteiger partial charge in [0, 0.05) is 18.8 Å². The zero-order valence-electron chi connectivity index (χ0n) is 18.5. The molecule has 1 aliphatic heterocycles. The van der Waals surface area contributed by atoms with E-state index >= 15 is 0 Å². The summed E-state index contributed by atoms with van der Waals surface area (Å²) >= 11 is 0. The minimum absolute atomic E-state index is 0.117. The smallest absolute Gasteiger partial charge is 0.308 e. The van der Waals surface area contributed by atoms with E-state index in [1.807, 2.05) is 0 Å². The Morgan fingerprint density at radius 3 is 2.72 bits per heavy atom. The molecule has 4 nitrogen and oxygen atoms in total. The number of esters is 1. The van der Waals surface area contributed by atoms with Crippen LogP contribution in [-0.4, -0.2) is 29.1 Å². The van der Waals surface area contributed by atoms with Crippen molar-refractivity contribution in [2.45, 2.75) is 84.8 Å². The number of ketones is 1. The zero-order chi connectivity index (χ0) is 21.1. The first-order chi connectivity index (χ1) is 13.8. The second-order valence-corrected chi connectivity index (χ2v) is 9.81. The lowest BCUT2D eigenvalue weighted by Gasteiger charge is -2.44. The number of aliphatic hydroxyl groups excluding tert-OH is 1. The predicted octanol–water partition coefficient (Wildman–Crippen LogP) is 4.86. The first kappa shape index (κ1) is 22.3. The Kier molecular flexibility index (Phi) is 7.37. The molecule has 29 heavy (non-hydrogen) atoms. The summed E-state index contributed by atoms with van der Waals surface area (Å²) in [6.07, 6.45) is 11.3. The van der Waals surface area contributed by atoms with Crippen molar-refractivity contribution < 1.29 is 19.4 Å². The van der Waals surface area contributed by atoms with Crippen LogP contribution in [0.15, 0.2) is 23.8 Å². The number of ether oxygens (including phenoxy) is 1. The Bertz CT molecular complexity index is 664. The molecule has 0 aromatic heterocycles. The van der Waals surface area contributed by atoms with Gasteiger partial charge >= 0.3 is 5.97 Å².